The van der Waals surface area contributed by atoms with Crippen LogP contribution in [0.5, 0.6) is 0 Å². The van der Waals surface area contributed by atoms with E-state index in [0.717, 1.165) is 31.0 Å². The number of hydrogen-bond acceptors (Lipinski definition) is 1. The van der Waals surface area contributed by atoms with Crippen LogP contribution in [0, 0.1) is 5.41 Å². The van der Waals surface area contributed by atoms with Gasteiger partial charge in [-0.25, -0.2) is 0 Å². The third-order valence-electron chi connectivity index (χ3n) is 3.84. The molecule has 1 aliphatic rings. The van der Waals surface area contributed by atoms with Crippen LogP contribution in [0.2, 0.25) is 0 Å². The van der Waals surface area contributed by atoms with Crippen LogP contribution in [0.15, 0.2) is 24.3 Å². The Bertz CT molecular complexity index is 514. The predicted molar refractivity (Wildman–Crippen MR) is 94.4 cm³/mol. The Morgan fingerprint density at radius 2 is 1.76 bits per heavy atom. The number of benzene rings is 1. The molecule has 0 fully saturated rings. The zero-order chi connectivity index (χ0) is 15.7. The Morgan fingerprint density at radius 3 is 2.38 bits per heavy atom. The van der Waals surface area contributed by atoms with E-state index < -0.39 is 0 Å². The number of nitrogens with one attached hydrogen (secondary N) is 1. The maximum absolute atomic E-state index is 5.66. The molecule has 0 saturated carbocycles. The zero-order valence-corrected chi connectivity index (χ0v) is 14.8. The lowest BCUT2D eigenvalue weighted by atomic mass is 9.82. The molecule has 0 aromatic heterocycles. The highest BCUT2D eigenvalue weighted by molar-refractivity contribution is 7.80. The molecule has 0 aliphatic carbocycles. The second kappa shape index (κ2) is 5.96. The molecule has 2 nitrogen and oxygen atoms in total. The minimum Gasteiger partial charge on any atom is -0.358 e. The molecule has 0 bridgehead atoms. The van der Waals surface area contributed by atoms with Gasteiger partial charge in [-0.2, -0.15) is 0 Å². The van der Waals surface area contributed by atoms with Gasteiger partial charge in [-0.3, -0.25) is 0 Å². The first kappa shape index (κ1) is 16.3. The van der Waals surface area contributed by atoms with Crippen molar-refractivity contribution < 1.29 is 0 Å². The molecule has 1 heterocycles. The lowest BCUT2D eigenvalue weighted by molar-refractivity contribution is 0.257. The van der Waals surface area contributed by atoms with E-state index in [2.05, 4.69) is 69.1 Å². The second-order valence-corrected chi connectivity index (χ2v) is 8.38. The molecule has 3 heteroatoms. The Balaban J connectivity index is 1.99. The summed E-state index contributed by atoms with van der Waals surface area (Å²) in [5.41, 5.74) is 3.18. The molecule has 2 rings (SSSR count). The lowest BCUT2D eigenvalue weighted by Gasteiger charge is -2.38. The molecule has 1 aromatic rings. The lowest BCUT2D eigenvalue weighted by Crippen LogP contribution is -2.52. The number of rotatable bonds is 2. The molecule has 1 aliphatic heterocycles. The van der Waals surface area contributed by atoms with Gasteiger partial charge in [0.2, 0.25) is 0 Å². The van der Waals surface area contributed by atoms with Crippen molar-refractivity contribution in [2.24, 2.45) is 5.41 Å². The van der Waals surface area contributed by atoms with E-state index in [1.54, 1.807) is 0 Å². The monoisotopic (exact) mass is 304 g/mol. The average Bonchev–Trinajstić information content (AvgIpc) is 2.34. The van der Waals surface area contributed by atoms with E-state index in [-0.39, 0.29) is 5.54 Å². The Hall–Kier alpha value is -1.09. The summed E-state index contributed by atoms with van der Waals surface area (Å²) in [6.45, 7) is 13.2. The van der Waals surface area contributed by atoms with Gasteiger partial charge in [0.1, 0.15) is 0 Å². The summed E-state index contributed by atoms with van der Waals surface area (Å²) in [5.74, 6) is 0. The summed E-state index contributed by atoms with van der Waals surface area (Å²) >= 11 is 5.66. The number of nitrogens with zero attached hydrogens (tertiary/aromatic N) is 1. The first-order valence-corrected chi connectivity index (χ1v) is 8.21. The molecule has 116 valence electrons. The van der Waals surface area contributed by atoms with Crippen LogP contribution in [0.1, 0.15) is 52.2 Å². The Kier molecular flexibility index (Phi) is 4.62. The van der Waals surface area contributed by atoms with Crippen molar-refractivity contribution in [2.75, 3.05) is 6.54 Å². The fourth-order valence-corrected chi connectivity index (χ4v) is 3.84. The minimum atomic E-state index is 0.0201. The van der Waals surface area contributed by atoms with Crippen molar-refractivity contribution in [1.29, 1.82) is 0 Å². The highest BCUT2D eigenvalue weighted by Crippen LogP contribution is 2.27. The third kappa shape index (κ3) is 4.70. The van der Waals surface area contributed by atoms with Gasteiger partial charge >= 0.3 is 0 Å². The smallest absolute Gasteiger partial charge is 0.169 e. The van der Waals surface area contributed by atoms with Crippen LogP contribution in [-0.2, 0) is 13.0 Å². The quantitative estimate of drug-likeness (QED) is 0.827. The summed E-state index contributed by atoms with van der Waals surface area (Å²) in [4.78, 5) is 2.29. The van der Waals surface area contributed by atoms with Gasteiger partial charge in [0.15, 0.2) is 5.11 Å². The summed E-state index contributed by atoms with van der Waals surface area (Å²) in [5, 5.41) is 4.46. The van der Waals surface area contributed by atoms with Gasteiger partial charge in [0.25, 0.3) is 0 Å². The van der Waals surface area contributed by atoms with Crippen LogP contribution in [0.25, 0.3) is 0 Å². The SMILES string of the molecule is CC(C)(C)CC(C)(C)NC(=S)N1CCc2ccccc2C1. The van der Waals surface area contributed by atoms with Crippen molar-refractivity contribution in [2.45, 2.75) is 59.5 Å². The molecule has 0 spiro atoms. The topological polar surface area (TPSA) is 15.3 Å². The molecule has 21 heavy (non-hydrogen) atoms. The van der Waals surface area contributed by atoms with Crippen molar-refractivity contribution >= 4 is 17.3 Å². The number of thiocarbonyl (C=S) groups is 1. The molecule has 0 radical (unpaired) electrons. The van der Waals surface area contributed by atoms with Gasteiger partial charge in [0.05, 0.1) is 0 Å². The standard InChI is InChI=1S/C18H28N2S/c1-17(2,3)13-18(4,5)19-16(21)20-11-10-14-8-6-7-9-15(14)12-20/h6-9H,10-13H2,1-5H3,(H,19,21). The highest BCUT2D eigenvalue weighted by Gasteiger charge is 2.28. The summed E-state index contributed by atoms with van der Waals surface area (Å²) < 4.78 is 0. The van der Waals surface area contributed by atoms with E-state index >= 15 is 0 Å². The maximum atomic E-state index is 5.66. The average molecular weight is 305 g/mol. The Morgan fingerprint density at radius 1 is 1.14 bits per heavy atom. The van der Waals surface area contributed by atoms with Gasteiger partial charge in [-0.15, -0.1) is 0 Å². The fraction of sp³-hybridized carbons (Fsp3) is 0.611. The molecular formula is C18H28N2S. The minimum absolute atomic E-state index is 0.0201. The van der Waals surface area contributed by atoms with Crippen molar-refractivity contribution in [3.63, 3.8) is 0 Å². The molecule has 0 unspecified atom stereocenters. The molecule has 0 atom stereocenters. The zero-order valence-electron chi connectivity index (χ0n) is 14.0. The molecule has 1 N–H and O–H groups in total. The largest absolute Gasteiger partial charge is 0.358 e. The van der Waals surface area contributed by atoms with Gasteiger partial charge in [0, 0.05) is 18.6 Å². The molecular weight excluding hydrogens is 276 g/mol. The van der Waals surface area contributed by atoms with Crippen LogP contribution >= 0.6 is 12.2 Å². The van der Waals surface area contributed by atoms with Crippen molar-refractivity contribution in [3.05, 3.63) is 35.4 Å². The first-order chi connectivity index (χ1) is 9.66. The second-order valence-electron chi connectivity index (χ2n) is 7.99. The normalized spacial score (nSPS) is 15.6. The molecule has 0 saturated heterocycles. The molecule has 1 aromatic carbocycles. The van der Waals surface area contributed by atoms with Gasteiger partial charge in [-0.1, -0.05) is 45.0 Å². The number of fused-ring (bicyclic) bond motifs is 1. The number of hydrogen-bond donors (Lipinski definition) is 1. The van der Waals surface area contributed by atoms with Crippen LogP contribution in [0.3, 0.4) is 0 Å². The summed E-state index contributed by atoms with van der Waals surface area (Å²) in [6.07, 6.45) is 2.17. The molecule has 0 amide bonds. The van der Waals surface area contributed by atoms with E-state index in [9.17, 15) is 0 Å². The Labute approximate surface area is 134 Å². The van der Waals surface area contributed by atoms with Crippen molar-refractivity contribution in [3.8, 4) is 0 Å². The third-order valence-corrected chi connectivity index (χ3v) is 4.20. The fourth-order valence-electron chi connectivity index (χ4n) is 3.41. The maximum Gasteiger partial charge on any atom is 0.169 e. The van der Waals surface area contributed by atoms with E-state index in [4.69, 9.17) is 12.2 Å². The first-order valence-electron chi connectivity index (χ1n) is 7.80. The van der Waals surface area contributed by atoms with Gasteiger partial charge < -0.3 is 10.2 Å². The predicted octanol–water partition coefficient (Wildman–Crippen LogP) is 4.13. The summed E-state index contributed by atoms with van der Waals surface area (Å²) in [7, 11) is 0. The van der Waals surface area contributed by atoms with Crippen LogP contribution in [0.4, 0.5) is 0 Å². The van der Waals surface area contributed by atoms with Gasteiger partial charge in [-0.05, 0) is 55.4 Å². The van der Waals surface area contributed by atoms with E-state index in [0.29, 0.717) is 5.41 Å². The van der Waals surface area contributed by atoms with E-state index in [1.165, 1.54) is 11.1 Å². The van der Waals surface area contributed by atoms with Crippen molar-refractivity contribution in [1.82, 2.24) is 10.2 Å². The van der Waals surface area contributed by atoms with Crippen LogP contribution < -0.4 is 5.32 Å². The highest BCUT2D eigenvalue weighted by atomic mass is 32.1. The van der Waals surface area contributed by atoms with E-state index in [1.807, 2.05) is 0 Å². The van der Waals surface area contributed by atoms with Crippen LogP contribution in [-0.4, -0.2) is 22.1 Å². The summed E-state index contributed by atoms with van der Waals surface area (Å²) in [6, 6.07) is 8.68.